The van der Waals surface area contributed by atoms with Crippen molar-refractivity contribution >= 4 is 11.6 Å². The lowest BCUT2D eigenvalue weighted by molar-refractivity contribution is -0.188. The number of nitriles is 1. The van der Waals surface area contributed by atoms with Crippen LogP contribution in [-0.4, -0.2) is 11.6 Å². The quantitative estimate of drug-likeness (QED) is 0.394. The van der Waals surface area contributed by atoms with Gasteiger partial charge in [0.2, 0.25) is 0 Å². The Labute approximate surface area is 220 Å². The van der Waals surface area contributed by atoms with Gasteiger partial charge in [0.25, 0.3) is 0 Å². The largest absolute Gasteiger partial charge is 0.299 e. The third-order valence-electron chi connectivity index (χ3n) is 13.2. The SMILES string of the molecule is CCC1(CC[C@]2(C)C(C)C(=O)CC3[C@@]4(C)C=C(C#N)C(=O)C(C)(C)[C@@H]4CC[C@]32C)CCC(C)(C)CC1. The molecule has 0 heterocycles. The van der Waals surface area contributed by atoms with Crippen LogP contribution in [0, 0.1) is 61.6 Å². The molecule has 200 valence electrons. The van der Waals surface area contributed by atoms with Crippen molar-refractivity contribution in [1.29, 1.82) is 5.26 Å². The normalized spacial score (nSPS) is 43.1. The minimum absolute atomic E-state index is 0.00196. The zero-order valence-corrected chi connectivity index (χ0v) is 24.6. The van der Waals surface area contributed by atoms with Crippen molar-refractivity contribution in [2.45, 2.75) is 127 Å². The number of hydrogen-bond donors (Lipinski definition) is 0. The number of fused-ring (bicyclic) bond motifs is 3. The molecule has 6 atom stereocenters. The maximum absolute atomic E-state index is 13.7. The molecule has 3 heteroatoms. The van der Waals surface area contributed by atoms with Crippen molar-refractivity contribution in [1.82, 2.24) is 0 Å². The van der Waals surface area contributed by atoms with Gasteiger partial charge < -0.3 is 0 Å². The van der Waals surface area contributed by atoms with Crippen LogP contribution in [0.15, 0.2) is 11.6 Å². The van der Waals surface area contributed by atoms with Gasteiger partial charge in [-0.1, -0.05) is 74.8 Å². The van der Waals surface area contributed by atoms with E-state index in [4.69, 9.17) is 0 Å². The summed E-state index contributed by atoms with van der Waals surface area (Å²) >= 11 is 0. The van der Waals surface area contributed by atoms with Gasteiger partial charge in [-0.05, 0) is 90.3 Å². The molecule has 3 fully saturated rings. The van der Waals surface area contributed by atoms with E-state index in [0.29, 0.717) is 28.6 Å². The second kappa shape index (κ2) is 8.54. The number of allylic oxidation sites excluding steroid dienone is 2. The number of rotatable bonds is 4. The standard InChI is InChI=1S/C33H51NO2/c1-10-33(16-13-28(3,4)14-17-33)18-15-31(8)22(2)24(35)19-26-30(7)20-23(21-34)27(36)29(5,6)25(30)11-12-32(26,31)9/h20,22,25-26H,10-19H2,1-9H3/t22?,25-,26?,30-,31+,32+/m0/s1. The summed E-state index contributed by atoms with van der Waals surface area (Å²) < 4.78 is 0. The first kappa shape index (κ1) is 27.6. The van der Waals surface area contributed by atoms with Crippen LogP contribution in [0.1, 0.15) is 127 Å². The molecular weight excluding hydrogens is 442 g/mol. The van der Waals surface area contributed by atoms with E-state index >= 15 is 0 Å². The summed E-state index contributed by atoms with van der Waals surface area (Å²) in [6.45, 7) is 20.6. The van der Waals surface area contributed by atoms with E-state index < -0.39 is 5.41 Å². The molecule has 0 radical (unpaired) electrons. The van der Waals surface area contributed by atoms with Crippen LogP contribution >= 0.6 is 0 Å². The lowest BCUT2D eigenvalue weighted by Gasteiger charge is -2.68. The number of Topliss-reactive ketones (excluding diaryl/α,β-unsaturated/α-hetero) is 2. The molecule has 4 aliphatic carbocycles. The maximum atomic E-state index is 13.7. The van der Waals surface area contributed by atoms with Gasteiger partial charge in [-0.15, -0.1) is 0 Å². The summed E-state index contributed by atoms with van der Waals surface area (Å²) in [5.41, 5.74) is 0.203. The molecule has 0 N–H and O–H groups in total. The summed E-state index contributed by atoms with van der Waals surface area (Å²) in [6.07, 6.45) is 13.4. The van der Waals surface area contributed by atoms with E-state index in [9.17, 15) is 14.9 Å². The van der Waals surface area contributed by atoms with Gasteiger partial charge in [0.05, 0.1) is 5.57 Å². The maximum Gasteiger partial charge on any atom is 0.178 e. The van der Waals surface area contributed by atoms with Gasteiger partial charge >= 0.3 is 0 Å². The topological polar surface area (TPSA) is 57.9 Å². The molecular formula is C33H51NO2. The van der Waals surface area contributed by atoms with Crippen LogP contribution in [-0.2, 0) is 9.59 Å². The lowest BCUT2D eigenvalue weighted by Crippen LogP contribution is -2.64. The van der Waals surface area contributed by atoms with Crippen molar-refractivity contribution in [2.75, 3.05) is 0 Å². The van der Waals surface area contributed by atoms with E-state index in [1.807, 2.05) is 19.9 Å². The molecule has 0 saturated heterocycles. The van der Waals surface area contributed by atoms with Crippen molar-refractivity contribution < 1.29 is 9.59 Å². The smallest absolute Gasteiger partial charge is 0.178 e. The van der Waals surface area contributed by atoms with Crippen molar-refractivity contribution in [3.8, 4) is 6.07 Å². The molecule has 0 aromatic carbocycles. The molecule has 0 spiro atoms. The Morgan fingerprint density at radius 2 is 1.53 bits per heavy atom. The summed E-state index contributed by atoms with van der Waals surface area (Å²) in [7, 11) is 0. The highest BCUT2D eigenvalue weighted by molar-refractivity contribution is 6.04. The van der Waals surface area contributed by atoms with E-state index in [-0.39, 0.29) is 39.8 Å². The van der Waals surface area contributed by atoms with Crippen LogP contribution in [0.2, 0.25) is 0 Å². The Morgan fingerprint density at radius 3 is 2.08 bits per heavy atom. The van der Waals surface area contributed by atoms with Crippen LogP contribution in [0.3, 0.4) is 0 Å². The zero-order chi connectivity index (χ0) is 26.9. The highest BCUT2D eigenvalue weighted by Gasteiger charge is 2.67. The minimum Gasteiger partial charge on any atom is -0.299 e. The van der Waals surface area contributed by atoms with Crippen LogP contribution < -0.4 is 0 Å². The van der Waals surface area contributed by atoms with Crippen LogP contribution in [0.25, 0.3) is 0 Å². The van der Waals surface area contributed by atoms with Crippen molar-refractivity contribution in [3.05, 3.63) is 11.6 Å². The first-order valence-corrected chi connectivity index (χ1v) is 14.7. The summed E-state index contributed by atoms with van der Waals surface area (Å²) in [5.74, 6) is 0.750. The number of carbonyl (C=O) groups is 2. The third kappa shape index (κ3) is 3.79. The molecule has 0 bridgehead atoms. The number of carbonyl (C=O) groups excluding carboxylic acids is 2. The Bertz CT molecular complexity index is 1000. The zero-order valence-electron chi connectivity index (χ0n) is 24.6. The molecule has 0 aliphatic heterocycles. The summed E-state index contributed by atoms with van der Waals surface area (Å²) in [4.78, 5) is 26.9. The van der Waals surface area contributed by atoms with Gasteiger partial charge in [0, 0.05) is 17.8 Å². The van der Waals surface area contributed by atoms with Gasteiger partial charge in [-0.2, -0.15) is 5.26 Å². The van der Waals surface area contributed by atoms with Gasteiger partial charge in [-0.3, -0.25) is 9.59 Å². The monoisotopic (exact) mass is 493 g/mol. The molecule has 3 nitrogen and oxygen atoms in total. The molecule has 3 saturated carbocycles. The van der Waals surface area contributed by atoms with Crippen LogP contribution in [0.4, 0.5) is 0 Å². The highest BCUT2D eigenvalue weighted by Crippen LogP contribution is 2.71. The Hall–Kier alpha value is -1.43. The molecule has 0 amide bonds. The fourth-order valence-corrected chi connectivity index (χ4v) is 9.78. The molecule has 36 heavy (non-hydrogen) atoms. The van der Waals surface area contributed by atoms with E-state index in [1.54, 1.807) is 0 Å². The van der Waals surface area contributed by atoms with E-state index in [1.165, 1.54) is 38.5 Å². The minimum atomic E-state index is -0.570. The Kier molecular flexibility index (Phi) is 6.55. The van der Waals surface area contributed by atoms with Gasteiger partial charge in [-0.25, -0.2) is 0 Å². The van der Waals surface area contributed by atoms with E-state index in [0.717, 1.165) is 19.3 Å². The van der Waals surface area contributed by atoms with E-state index in [2.05, 4.69) is 54.5 Å². The fraction of sp³-hybridized carbons (Fsp3) is 0.848. The molecule has 4 aliphatic rings. The average Bonchev–Trinajstić information content (AvgIpc) is 2.82. The number of nitrogens with zero attached hydrogens (tertiary/aromatic N) is 1. The molecule has 0 aromatic heterocycles. The van der Waals surface area contributed by atoms with Gasteiger partial charge in [0.15, 0.2) is 5.78 Å². The van der Waals surface area contributed by atoms with Crippen LogP contribution in [0.5, 0.6) is 0 Å². The Balaban J connectivity index is 1.73. The van der Waals surface area contributed by atoms with Crippen molar-refractivity contribution in [3.63, 3.8) is 0 Å². The van der Waals surface area contributed by atoms with Crippen molar-refractivity contribution in [2.24, 2.45) is 50.2 Å². The highest BCUT2D eigenvalue weighted by atomic mass is 16.1. The average molecular weight is 494 g/mol. The third-order valence-corrected chi connectivity index (χ3v) is 13.2. The Morgan fingerprint density at radius 1 is 0.917 bits per heavy atom. The summed E-state index contributed by atoms with van der Waals surface area (Å²) in [5, 5.41) is 9.87. The fourth-order valence-electron chi connectivity index (χ4n) is 9.78. The summed E-state index contributed by atoms with van der Waals surface area (Å²) in [6, 6.07) is 2.23. The van der Waals surface area contributed by atoms with Gasteiger partial charge in [0.1, 0.15) is 11.9 Å². The molecule has 0 aromatic rings. The second-order valence-electron chi connectivity index (χ2n) is 15.5. The molecule has 2 unspecified atom stereocenters. The second-order valence-corrected chi connectivity index (χ2v) is 15.5. The number of hydrogen-bond acceptors (Lipinski definition) is 3. The predicted octanol–water partition coefficient (Wildman–Crippen LogP) is 8.48. The first-order chi connectivity index (χ1) is 16.5. The number of ketones is 2. The predicted molar refractivity (Wildman–Crippen MR) is 146 cm³/mol. The first-order valence-electron chi connectivity index (χ1n) is 14.7. The lowest BCUT2D eigenvalue weighted by atomic mass is 9.35. The molecule has 4 rings (SSSR count).